The summed E-state index contributed by atoms with van der Waals surface area (Å²) in [7, 11) is 1.71. The Bertz CT molecular complexity index is 362. The van der Waals surface area contributed by atoms with Gasteiger partial charge in [0.25, 0.3) is 0 Å². The maximum absolute atomic E-state index is 11.2. The van der Waals surface area contributed by atoms with Gasteiger partial charge < -0.3 is 15.2 Å². The molecule has 3 heteroatoms. The van der Waals surface area contributed by atoms with Gasteiger partial charge in [0.15, 0.2) is 0 Å². The van der Waals surface area contributed by atoms with Crippen LogP contribution >= 0.6 is 0 Å². The van der Waals surface area contributed by atoms with Crippen LogP contribution in [0, 0.1) is 5.92 Å². The summed E-state index contributed by atoms with van der Waals surface area (Å²) in [5.41, 5.74) is 0.313. The minimum absolute atomic E-state index is 0.292. The lowest BCUT2D eigenvalue weighted by Gasteiger charge is -2.39. The molecule has 1 fully saturated rings. The lowest BCUT2D eigenvalue weighted by Crippen LogP contribution is -2.44. The molecular weight excluding hydrogens is 238 g/mol. The summed E-state index contributed by atoms with van der Waals surface area (Å²) in [5, 5.41) is 14.6. The van der Waals surface area contributed by atoms with Gasteiger partial charge >= 0.3 is 0 Å². The summed E-state index contributed by atoms with van der Waals surface area (Å²) in [6.07, 6.45) is 3.88. The third-order valence-corrected chi connectivity index (χ3v) is 4.15. The molecular formula is C16H25NO2. The first kappa shape index (κ1) is 14.5. The Kier molecular flexibility index (Phi) is 5.37. The lowest BCUT2D eigenvalue weighted by molar-refractivity contribution is -0.0458. The molecule has 1 aliphatic rings. The van der Waals surface area contributed by atoms with Crippen LogP contribution in [0.2, 0.25) is 0 Å². The summed E-state index contributed by atoms with van der Waals surface area (Å²) in [6.45, 7) is 2.67. The zero-order valence-corrected chi connectivity index (χ0v) is 11.8. The van der Waals surface area contributed by atoms with Gasteiger partial charge in [0.05, 0.1) is 5.60 Å². The molecule has 106 valence electrons. The third kappa shape index (κ3) is 3.56. The van der Waals surface area contributed by atoms with E-state index in [1.165, 1.54) is 0 Å². The molecule has 2 rings (SSSR count). The fourth-order valence-corrected chi connectivity index (χ4v) is 3.06. The smallest absolute Gasteiger partial charge is 0.0937 e. The van der Waals surface area contributed by atoms with Gasteiger partial charge in [-0.2, -0.15) is 0 Å². The van der Waals surface area contributed by atoms with Crippen molar-refractivity contribution < 1.29 is 9.84 Å². The Morgan fingerprint density at radius 3 is 2.79 bits per heavy atom. The number of methoxy groups -OCH3 is 1. The summed E-state index contributed by atoms with van der Waals surface area (Å²) >= 11 is 0. The number of benzene rings is 1. The fraction of sp³-hybridized carbons (Fsp3) is 0.625. The molecule has 0 aromatic heterocycles. The predicted octanol–water partition coefficient (Wildman–Crippen LogP) is 2.30. The zero-order valence-electron chi connectivity index (χ0n) is 11.8. The van der Waals surface area contributed by atoms with Gasteiger partial charge in [-0.15, -0.1) is 0 Å². The van der Waals surface area contributed by atoms with E-state index in [0.29, 0.717) is 12.5 Å². The van der Waals surface area contributed by atoms with Crippen LogP contribution in [0.3, 0.4) is 0 Å². The van der Waals surface area contributed by atoms with Crippen molar-refractivity contribution in [1.82, 2.24) is 5.32 Å². The van der Waals surface area contributed by atoms with Crippen LogP contribution < -0.4 is 5.32 Å². The number of hydrogen-bond acceptors (Lipinski definition) is 3. The molecule has 2 N–H and O–H groups in total. The molecule has 2 atom stereocenters. The highest BCUT2D eigenvalue weighted by molar-refractivity contribution is 5.23. The summed E-state index contributed by atoms with van der Waals surface area (Å²) in [5.74, 6) is 0.292. The number of hydrogen-bond donors (Lipinski definition) is 2. The molecule has 0 radical (unpaired) electrons. The number of nitrogens with one attached hydrogen (secondary N) is 1. The van der Waals surface area contributed by atoms with Gasteiger partial charge in [0.1, 0.15) is 0 Å². The minimum Gasteiger partial charge on any atom is -0.385 e. The molecule has 19 heavy (non-hydrogen) atoms. The molecule has 0 spiro atoms. The molecule has 1 aromatic rings. The van der Waals surface area contributed by atoms with E-state index in [4.69, 9.17) is 4.74 Å². The molecule has 0 saturated carbocycles. The molecule has 1 heterocycles. The highest BCUT2D eigenvalue weighted by Gasteiger charge is 2.38. The second-order valence-electron chi connectivity index (χ2n) is 5.43. The van der Waals surface area contributed by atoms with Crippen molar-refractivity contribution in [2.75, 3.05) is 26.8 Å². The monoisotopic (exact) mass is 263 g/mol. The molecule has 0 amide bonds. The number of ether oxygens (including phenoxy) is 1. The number of aliphatic hydroxyl groups is 1. The Morgan fingerprint density at radius 1 is 1.37 bits per heavy atom. The van der Waals surface area contributed by atoms with Gasteiger partial charge in [-0.3, -0.25) is 0 Å². The maximum atomic E-state index is 11.2. The largest absolute Gasteiger partial charge is 0.385 e. The Morgan fingerprint density at radius 2 is 2.16 bits per heavy atom. The van der Waals surface area contributed by atoms with Crippen LogP contribution in [0.5, 0.6) is 0 Å². The Balaban J connectivity index is 2.16. The van der Waals surface area contributed by atoms with Crippen molar-refractivity contribution >= 4 is 0 Å². The van der Waals surface area contributed by atoms with Gasteiger partial charge in [-0.25, -0.2) is 0 Å². The first-order chi connectivity index (χ1) is 9.27. The standard InChI is InChI=1S/C16H25NO2/c1-19-12-6-10-16(18,14-7-3-2-4-8-14)15-9-5-11-17-13-15/h2-4,7-8,15,17-18H,5-6,9-13H2,1H3/t15-,16-/m1/s1. The van der Waals surface area contributed by atoms with Crippen molar-refractivity contribution in [3.63, 3.8) is 0 Å². The van der Waals surface area contributed by atoms with Crippen molar-refractivity contribution in [3.8, 4) is 0 Å². The van der Waals surface area contributed by atoms with E-state index in [1.807, 2.05) is 30.3 Å². The average Bonchev–Trinajstić information content (AvgIpc) is 2.49. The van der Waals surface area contributed by atoms with Crippen LogP contribution in [0.15, 0.2) is 30.3 Å². The lowest BCUT2D eigenvalue weighted by atomic mass is 9.75. The zero-order chi connectivity index (χ0) is 13.6. The fourth-order valence-electron chi connectivity index (χ4n) is 3.06. The van der Waals surface area contributed by atoms with Crippen LogP contribution in [0.4, 0.5) is 0 Å². The summed E-state index contributed by atoms with van der Waals surface area (Å²) in [4.78, 5) is 0. The van der Waals surface area contributed by atoms with E-state index >= 15 is 0 Å². The van der Waals surface area contributed by atoms with E-state index in [1.54, 1.807) is 7.11 Å². The second-order valence-corrected chi connectivity index (χ2v) is 5.43. The van der Waals surface area contributed by atoms with Gasteiger partial charge in [0.2, 0.25) is 0 Å². The first-order valence-electron chi connectivity index (χ1n) is 7.25. The molecule has 0 unspecified atom stereocenters. The van der Waals surface area contributed by atoms with Gasteiger partial charge in [-0.05, 0) is 37.8 Å². The quantitative estimate of drug-likeness (QED) is 0.774. The van der Waals surface area contributed by atoms with E-state index < -0.39 is 5.60 Å². The third-order valence-electron chi connectivity index (χ3n) is 4.15. The predicted molar refractivity (Wildman–Crippen MR) is 77.0 cm³/mol. The van der Waals surface area contributed by atoms with E-state index in [2.05, 4.69) is 5.32 Å². The molecule has 1 saturated heterocycles. The maximum Gasteiger partial charge on any atom is 0.0937 e. The Hall–Kier alpha value is -0.900. The molecule has 1 aromatic carbocycles. The first-order valence-corrected chi connectivity index (χ1v) is 7.25. The molecule has 0 bridgehead atoms. The molecule has 0 aliphatic carbocycles. The summed E-state index contributed by atoms with van der Waals surface area (Å²) < 4.78 is 5.13. The van der Waals surface area contributed by atoms with E-state index in [9.17, 15) is 5.11 Å². The van der Waals surface area contributed by atoms with Crippen LogP contribution in [-0.2, 0) is 10.3 Å². The van der Waals surface area contributed by atoms with Gasteiger partial charge in [-0.1, -0.05) is 30.3 Å². The summed E-state index contributed by atoms with van der Waals surface area (Å²) in [6, 6.07) is 10.1. The average molecular weight is 263 g/mol. The van der Waals surface area contributed by atoms with Gasteiger partial charge in [0, 0.05) is 26.2 Å². The van der Waals surface area contributed by atoms with Crippen molar-refractivity contribution in [3.05, 3.63) is 35.9 Å². The van der Waals surface area contributed by atoms with E-state index in [0.717, 1.165) is 44.3 Å². The van der Waals surface area contributed by atoms with Crippen molar-refractivity contribution in [2.24, 2.45) is 5.92 Å². The Labute approximate surface area is 116 Å². The minimum atomic E-state index is -0.729. The topological polar surface area (TPSA) is 41.5 Å². The van der Waals surface area contributed by atoms with Crippen molar-refractivity contribution in [1.29, 1.82) is 0 Å². The number of rotatable bonds is 6. The number of piperidine rings is 1. The molecule has 1 aliphatic heterocycles. The van der Waals surface area contributed by atoms with E-state index in [-0.39, 0.29) is 0 Å². The van der Waals surface area contributed by atoms with Crippen molar-refractivity contribution in [2.45, 2.75) is 31.3 Å². The highest BCUT2D eigenvalue weighted by atomic mass is 16.5. The highest BCUT2D eigenvalue weighted by Crippen LogP contribution is 2.37. The SMILES string of the molecule is COCCC[C@@](O)(c1ccccc1)[C@@H]1CCCNC1. The van der Waals surface area contributed by atoms with Crippen LogP contribution in [-0.4, -0.2) is 31.9 Å². The van der Waals surface area contributed by atoms with Crippen LogP contribution in [0.1, 0.15) is 31.2 Å². The molecule has 3 nitrogen and oxygen atoms in total. The normalized spacial score (nSPS) is 22.9. The van der Waals surface area contributed by atoms with Crippen LogP contribution in [0.25, 0.3) is 0 Å². The second kappa shape index (κ2) is 7.04.